The minimum atomic E-state index is -0.935. The maximum Gasteiger partial charge on any atom is 0.127 e. The molecule has 0 aliphatic carbocycles. The molecule has 2 atom stereocenters. The van der Waals surface area contributed by atoms with Crippen molar-refractivity contribution in [3.8, 4) is 0 Å². The monoisotopic (exact) mass is 260 g/mol. The Hall–Kier alpha value is -0.450. The third kappa shape index (κ3) is 3.54. The van der Waals surface area contributed by atoms with Gasteiger partial charge in [0, 0.05) is 11.9 Å². The van der Waals surface area contributed by atoms with Gasteiger partial charge in [0.25, 0.3) is 0 Å². The molecule has 1 aromatic rings. The Labute approximate surface area is 105 Å². The lowest BCUT2D eigenvalue weighted by molar-refractivity contribution is 0.631. The summed E-state index contributed by atoms with van der Waals surface area (Å²) in [6.45, 7) is 4.06. The fourth-order valence-electron chi connectivity index (χ4n) is 1.79. The van der Waals surface area contributed by atoms with Crippen LogP contribution >= 0.6 is 12.4 Å². The zero-order valence-electron chi connectivity index (χ0n) is 9.31. The summed E-state index contributed by atoms with van der Waals surface area (Å²) in [5, 5.41) is 4.01. The van der Waals surface area contributed by atoms with E-state index in [4.69, 9.17) is 0 Å². The lowest BCUT2D eigenvalue weighted by Crippen LogP contribution is -2.15. The van der Waals surface area contributed by atoms with Crippen LogP contribution in [-0.4, -0.2) is 28.0 Å². The van der Waals surface area contributed by atoms with Crippen LogP contribution in [0.25, 0.3) is 0 Å². The quantitative estimate of drug-likeness (QED) is 0.896. The van der Waals surface area contributed by atoms with E-state index in [-0.39, 0.29) is 12.4 Å². The molecule has 1 saturated heterocycles. The van der Waals surface area contributed by atoms with Gasteiger partial charge in [0.15, 0.2) is 0 Å². The molecule has 1 fully saturated rings. The van der Waals surface area contributed by atoms with Crippen molar-refractivity contribution < 1.29 is 4.21 Å². The molecule has 2 unspecified atom stereocenters. The van der Waals surface area contributed by atoms with Crippen molar-refractivity contribution in [1.82, 2.24) is 10.3 Å². The Morgan fingerprint density at radius 1 is 1.62 bits per heavy atom. The van der Waals surface area contributed by atoms with Gasteiger partial charge in [-0.1, -0.05) is 0 Å². The van der Waals surface area contributed by atoms with E-state index in [0.717, 1.165) is 35.9 Å². The molecule has 0 radical (unpaired) electrons. The van der Waals surface area contributed by atoms with E-state index < -0.39 is 10.8 Å². The van der Waals surface area contributed by atoms with Crippen molar-refractivity contribution in [2.45, 2.75) is 18.4 Å². The van der Waals surface area contributed by atoms with Gasteiger partial charge in [-0.05, 0) is 50.0 Å². The molecule has 0 bridgehead atoms. The summed E-state index contributed by atoms with van der Waals surface area (Å²) < 4.78 is 12.0. The first-order valence-corrected chi connectivity index (χ1v) is 6.59. The van der Waals surface area contributed by atoms with Crippen LogP contribution in [-0.2, 0) is 10.8 Å². The molecule has 90 valence electrons. The average Bonchev–Trinajstić information content (AvgIpc) is 2.70. The molecule has 16 heavy (non-hydrogen) atoms. The second-order valence-corrected chi connectivity index (χ2v) is 5.49. The van der Waals surface area contributed by atoms with E-state index in [1.165, 1.54) is 0 Å². The molecule has 0 aromatic carbocycles. The zero-order valence-corrected chi connectivity index (χ0v) is 10.9. The van der Waals surface area contributed by atoms with Crippen molar-refractivity contribution in [2.75, 3.05) is 18.8 Å². The Kier molecular flexibility index (Phi) is 5.38. The van der Waals surface area contributed by atoms with Crippen molar-refractivity contribution in [3.63, 3.8) is 0 Å². The van der Waals surface area contributed by atoms with Gasteiger partial charge in [-0.3, -0.25) is 4.21 Å². The molecule has 0 saturated carbocycles. The van der Waals surface area contributed by atoms with Crippen LogP contribution < -0.4 is 5.32 Å². The summed E-state index contributed by atoms with van der Waals surface area (Å²) in [5.41, 5.74) is 1.12. The van der Waals surface area contributed by atoms with Gasteiger partial charge >= 0.3 is 0 Å². The minimum Gasteiger partial charge on any atom is -0.316 e. The van der Waals surface area contributed by atoms with Crippen molar-refractivity contribution >= 4 is 23.2 Å². The molecule has 1 aliphatic heterocycles. The van der Waals surface area contributed by atoms with Gasteiger partial charge < -0.3 is 5.32 Å². The van der Waals surface area contributed by atoms with Crippen LogP contribution in [0.3, 0.4) is 0 Å². The summed E-state index contributed by atoms with van der Waals surface area (Å²) in [6, 6.07) is 3.84. The van der Waals surface area contributed by atoms with Gasteiger partial charge in [0.1, 0.15) is 5.03 Å². The first-order valence-electron chi connectivity index (χ1n) is 5.27. The first-order chi connectivity index (χ1) is 7.25. The van der Waals surface area contributed by atoms with Crippen LogP contribution in [0.1, 0.15) is 12.0 Å². The van der Waals surface area contributed by atoms with Crippen LogP contribution in [0.5, 0.6) is 0 Å². The Bertz CT molecular complexity index is 367. The van der Waals surface area contributed by atoms with E-state index in [1.54, 1.807) is 6.20 Å². The Morgan fingerprint density at radius 2 is 2.44 bits per heavy atom. The van der Waals surface area contributed by atoms with Gasteiger partial charge in [-0.2, -0.15) is 0 Å². The van der Waals surface area contributed by atoms with E-state index in [0.29, 0.717) is 5.92 Å². The molecule has 0 spiro atoms. The Balaban J connectivity index is 0.00000128. The third-order valence-electron chi connectivity index (χ3n) is 2.67. The second kappa shape index (κ2) is 6.33. The molecule has 1 aromatic heterocycles. The predicted molar refractivity (Wildman–Crippen MR) is 68.5 cm³/mol. The van der Waals surface area contributed by atoms with Gasteiger partial charge in [-0.25, -0.2) is 4.98 Å². The molecule has 2 heterocycles. The van der Waals surface area contributed by atoms with Crippen LogP contribution in [0, 0.1) is 12.8 Å². The highest BCUT2D eigenvalue weighted by molar-refractivity contribution is 7.84. The van der Waals surface area contributed by atoms with Crippen molar-refractivity contribution in [3.05, 3.63) is 23.9 Å². The smallest absolute Gasteiger partial charge is 0.127 e. The van der Waals surface area contributed by atoms with Crippen LogP contribution in [0.4, 0.5) is 0 Å². The highest BCUT2D eigenvalue weighted by Crippen LogP contribution is 2.13. The van der Waals surface area contributed by atoms with Crippen LogP contribution in [0.15, 0.2) is 23.4 Å². The third-order valence-corrected chi connectivity index (χ3v) is 4.14. The highest BCUT2D eigenvalue weighted by atomic mass is 35.5. The molecule has 1 aliphatic rings. The summed E-state index contributed by atoms with van der Waals surface area (Å²) in [5.74, 6) is 1.29. The molecule has 5 heteroatoms. The fourth-order valence-corrected chi connectivity index (χ4v) is 3.17. The number of hydrogen-bond donors (Lipinski definition) is 1. The van der Waals surface area contributed by atoms with E-state index in [1.807, 2.05) is 19.1 Å². The molecular weight excluding hydrogens is 244 g/mol. The van der Waals surface area contributed by atoms with Gasteiger partial charge in [-0.15, -0.1) is 12.4 Å². The molecule has 3 nitrogen and oxygen atoms in total. The largest absolute Gasteiger partial charge is 0.316 e. The average molecular weight is 261 g/mol. The molecule has 1 N–H and O–H groups in total. The minimum absolute atomic E-state index is 0. The van der Waals surface area contributed by atoms with Gasteiger partial charge in [0.2, 0.25) is 0 Å². The van der Waals surface area contributed by atoms with Gasteiger partial charge in [0.05, 0.1) is 10.8 Å². The number of aryl methyl sites for hydroxylation is 1. The first kappa shape index (κ1) is 13.6. The molecule has 2 rings (SSSR count). The highest BCUT2D eigenvalue weighted by Gasteiger charge is 2.18. The maximum atomic E-state index is 12.0. The lowest BCUT2D eigenvalue weighted by atomic mass is 10.2. The van der Waals surface area contributed by atoms with E-state index >= 15 is 0 Å². The normalized spacial score (nSPS) is 21.4. The number of rotatable bonds is 3. The predicted octanol–water partition coefficient (Wildman–Crippen LogP) is 1.53. The number of nitrogens with zero attached hydrogens (tertiary/aromatic N) is 1. The topological polar surface area (TPSA) is 42.0 Å². The maximum absolute atomic E-state index is 12.0. The Morgan fingerprint density at radius 3 is 3.06 bits per heavy atom. The zero-order chi connectivity index (χ0) is 10.7. The SMILES string of the molecule is Cc1ccnc(S(=O)CC2CCNC2)c1.Cl. The van der Waals surface area contributed by atoms with E-state index in [9.17, 15) is 4.21 Å². The fraction of sp³-hybridized carbons (Fsp3) is 0.545. The van der Waals surface area contributed by atoms with Crippen molar-refractivity contribution in [1.29, 1.82) is 0 Å². The molecular formula is C11H17ClN2OS. The summed E-state index contributed by atoms with van der Waals surface area (Å²) in [4.78, 5) is 4.16. The number of halogens is 1. The summed E-state index contributed by atoms with van der Waals surface area (Å²) >= 11 is 0. The number of pyridine rings is 1. The molecule has 0 amide bonds. The number of aromatic nitrogens is 1. The summed E-state index contributed by atoms with van der Waals surface area (Å²) in [6.07, 6.45) is 2.87. The standard InChI is InChI=1S/C11H16N2OS.ClH/c1-9-2-5-13-11(6-9)15(14)8-10-3-4-12-7-10;/h2,5-6,10,12H,3-4,7-8H2,1H3;1H. The van der Waals surface area contributed by atoms with Crippen molar-refractivity contribution in [2.24, 2.45) is 5.92 Å². The summed E-state index contributed by atoms with van der Waals surface area (Å²) in [7, 11) is -0.935. The second-order valence-electron chi connectivity index (χ2n) is 4.04. The lowest BCUT2D eigenvalue weighted by Gasteiger charge is -2.07. The number of nitrogens with one attached hydrogen (secondary N) is 1. The van der Waals surface area contributed by atoms with Crippen LogP contribution in [0.2, 0.25) is 0 Å². The van der Waals surface area contributed by atoms with E-state index in [2.05, 4.69) is 10.3 Å². The number of hydrogen-bond acceptors (Lipinski definition) is 3.